The van der Waals surface area contributed by atoms with Gasteiger partial charge in [-0.3, -0.25) is 0 Å². The SMILES string of the molecule is CC(C)CN(CCCN1CCN(CCCC(N)c2nccs2)CC1)CC(C)C. The Hall–Kier alpha value is -0.530. The number of hydrogen-bond donors (Lipinski definition) is 1. The Morgan fingerprint density at radius 2 is 1.57 bits per heavy atom. The molecule has 0 aromatic carbocycles. The summed E-state index contributed by atoms with van der Waals surface area (Å²) in [4.78, 5) is 12.3. The largest absolute Gasteiger partial charge is 0.322 e. The first-order valence-electron chi connectivity index (χ1n) is 11.3. The number of nitrogens with zero attached hydrogens (tertiary/aromatic N) is 4. The molecule has 0 amide bonds. The maximum atomic E-state index is 6.23. The van der Waals surface area contributed by atoms with Gasteiger partial charge in [0.15, 0.2) is 0 Å². The first kappa shape index (κ1) is 23.7. The standard InChI is InChI=1S/C22H43N5S/c1-19(2)17-27(18-20(3)4)11-6-10-26-14-12-25(13-15-26)9-5-7-21(23)22-24-8-16-28-22/h8,16,19-21H,5-7,9-15,17-18,23H2,1-4H3. The number of aromatic nitrogens is 1. The van der Waals surface area contributed by atoms with Gasteiger partial charge in [-0.25, -0.2) is 4.98 Å². The first-order valence-corrected chi connectivity index (χ1v) is 12.1. The maximum Gasteiger partial charge on any atom is 0.109 e. The van der Waals surface area contributed by atoms with Crippen LogP contribution < -0.4 is 5.73 Å². The quantitative estimate of drug-likeness (QED) is 0.540. The average molecular weight is 410 g/mol. The van der Waals surface area contributed by atoms with Gasteiger partial charge in [0.2, 0.25) is 0 Å². The zero-order valence-electron chi connectivity index (χ0n) is 18.6. The van der Waals surface area contributed by atoms with Crippen LogP contribution in [0.2, 0.25) is 0 Å². The van der Waals surface area contributed by atoms with E-state index in [2.05, 4.69) is 47.4 Å². The minimum absolute atomic E-state index is 0.112. The molecule has 162 valence electrons. The lowest BCUT2D eigenvalue weighted by molar-refractivity contribution is 0.122. The highest BCUT2D eigenvalue weighted by molar-refractivity contribution is 7.09. The lowest BCUT2D eigenvalue weighted by Crippen LogP contribution is -2.47. The van der Waals surface area contributed by atoms with Crippen LogP contribution in [-0.4, -0.2) is 78.6 Å². The minimum atomic E-state index is 0.112. The van der Waals surface area contributed by atoms with E-state index in [4.69, 9.17) is 5.73 Å². The molecule has 0 saturated carbocycles. The molecule has 1 aliphatic heterocycles. The molecule has 1 unspecified atom stereocenters. The van der Waals surface area contributed by atoms with Crippen LogP contribution >= 0.6 is 11.3 Å². The molecular weight excluding hydrogens is 366 g/mol. The van der Waals surface area contributed by atoms with Gasteiger partial charge in [-0.2, -0.15) is 0 Å². The van der Waals surface area contributed by atoms with Crippen molar-refractivity contribution in [1.82, 2.24) is 19.7 Å². The van der Waals surface area contributed by atoms with Gasteiger partial charge in [0.1, 0.15) is 5.01 Å². The summed E-state index contributed by atoms with van der Waals surface area (Å²) in [6.45, 7) is 20.3. The van der Waals surface area contributed by atoms with Crippen molar-refractivity contribution in [2.75, 3.05) is 58.9 Å². The van der Waals surface area contributed by atoms with Crippen molar-refractivity contribution in [3.05, 3.63) is 16.6 Å². The fraction of sp³-hybridized carbons (Fsp3) is 0.864. The van der Waals surface area contributed by atoms with Crippen LogP contribution in [-0.2, 0) is 0 Å². The van der Waals surface area contributed by atoms with Crippen molar-refractivity contribution >= 4 is 11.3 Å². The summed E-state index contributed by atoms with van der Waals surface area (Å²) in [5, 5.41) is 3.09. The molecule has 0 spiro atoms. The van der Waals surface area contributed by atoms with Gasteiger partial charge in [0, 0.05) is 50.8 Å². The van der Waals surface area contributed by atoms with Gasteiger partial charge in [-0.05, 0) is 50.7 Å². The smallest absolute Gasteiger partial charge is 0.109 e. The summed E-state index contributed by atoms with van der Waals surface area (Å²) in [6, 6.07) is 0.112. The Bertz CT molecular complexity index is 487. The molecule has 1 aliphatic rings. The van der Waals surface area contributed by atoms with Crippen LogP contribution in [0.3, 0.4) is 0 Å². The fourth-order valence-corrected chi connectivity index (χ4v) is 4.80. The van der Waals surface area contributed by atoms with Gasteiger partial charge in [-0.1, -0.05) is 27.7 Å². The second-order valence-corrected chi connectivity index (χ2v) is 10.1. The van der Waals surface area contributed by atoms with Crippen molar-refractivity contribution in [3.63, 3.8) is 0 Å². The zero-order valence-corrected chi connectivity index (χ0v) is 19.5. The zero-order chi connectivity index (χ0) is 20.4. The molecule has 1 saturated heterocycles. The third-order valence-electron chi connectivity index (χ3n) is 5.42. The third kappa shape index (κ3) is 9.31. The molecule has 2 N–H and O–H groups in total. The molecule has 1 atom stereocenters. The molecule has 2 heterocycles. The van der Waals surface area contributed by atoms with Crippen molar-refractivity contribution < 1.29 is 0 Å². The van der Waals surface area contributed by atoms with Crippen molar-refractivity contribution in [3.8, 4) is 0 Å². The molecule has 1 aromatic rings. The molecule has 6 heteroatoms. The molecule has 1 aromatic heterocycles. The third-order valence-corrected chi connectivity index (χ3v) is 6.33. The highest BCUT2D eigenvalue weighted by Gasteiger charge is 2.17. The van der Waals surface area contributed by atoms with Crippen LogP contribution in [0.15, 0.2) is 11.6 Å². The second kappa shape index (κ2) is 12.9. The van der Waals surface area contributed by atoms with Crippen molar-refractivity contribution in [2.45, 2.75) is 53.0 Å². The van der Waals surface area contributed by atoms with E-state index in [1.54, 1.807) is 11.3 Å². The van der Waals surface area contributed by atoms with Crippen LogP contribution in [0.4, 0.5) is 0 Å². The van der Waals surface area contributed by atoms with E-state index in [0.29, 0.717) is 0 Å². The van der Waals surface area contributed by atoms with E-state index in [9.17, 15) is 0 Å². The van der Waals surface area contributed by atoms with Crippen molar-refractivity contribution in [1.29, 1.82) is 0 Å². The lowest BCUT2D eigenvalue weighted by Gasteiger charge is -2.35. The Balaban J connectivity index is 1.56. The predicted octanol–water partition coefficient (Wildman–Crippen LogP) is 3.54. The Morgan fingerprint density at radius 1 is 1.00 bits per heavy atom. The number of rotatable bonds is 13. The maximum absolute atomic E-state index is 6.23. The van der Waals surface area contributed by atoms with E-state index < -0.39 is 0 Å². The van der Waals surface area contributed by atoms with Crippen LogP contribution in [0.5, 0.6) is 0 Å². The molecule has 0 bridgehead atoms. The summed E-state index contributed by atoms with van der Waals surface area (Å²) < 4.78 is 0. The molecule has 0 aliphatic carbocycles. The Labute approximate surface area is 177 Å². The molecule has 0 radical (unpaired) electrons. The van der Waals surface area contributed by atoms with Gasteiger partial charge in [0.25, 0.3) is 0 Å². The normalized spacial score (nSPS) is 17.9. The van der Waals surface area contributed by atoms with Gasteiger partial charge in [-0.15, -0.1) is 11.3 Å². The highest BCUT2D eigenvalue weighted by atomic mass is 32.1. The molecule has 28 heavy (non-hydrogen) atoms. The van der Waals surface area contributed by atoms with Gasteiger partial charge >= 0.3 is 0 Å². The first-order chi connectivity index (χ1) is 13.4. The highest BCUT2D eigenvalue weighted by Crippen LogP contribution is 2.18. The predicted molar refractivity (Wildman–Crippen MR) is 122 cm³/mol. The van der Waals surface area contributed by atoms with E-state index in [1.807, 2.05) is 11.6 Å². The lowest BCUT2D eigenvalue weighted by atomic mass is 10.1. The van der Waals surface area contributed by atoms with Crippen LogP contribution in [0.25, 0.3) is 0 Å². The second-order valence-electron chi connectivity index (χ2n) is 9.20. The summed E-state index contributed by atoms with van der Waals surface area (Å²) in [7, 11) is 0. The molecule has 5 nitrogen and oxygen atoms in total. The molecule has 1 fully saturated rings. The number of nitrogens with two attached hydrogens (primary N) is 1. The molecular formula is C22H43N5S. The van der Waals surface area contributed by atoms with Gasteiger partial charge < -0.3 is 20.4 Å². The summed E-state index contributed by atoms with van der Waals surface area (Å²) in [5.74, 6) is 1.51. The van der Waals surface area contributed by atoms with Gasteiger partial charge in [0.05, 0.1) is 6.04 Å². The van der Waals surface area contributed by atoms with E-state index in [-0.39, 0.29) is 6.04 Å². The summed E-state index contributed by atoms with van der Waals surface area (Å²) >= 11 is 1.67. The topological polar surface area (TPSA) is 48.6 Å². The van der Waals surface area contributed by atoms with Crippen LogP contribution in [0, 0.1) is 11.8 Å². The Kier molecular flexibility index (Phi) is 10.9. The number of hydrogen-bond acceptors (Lipinski definition) is 6. The van der Waals surface area contributed by atoms with E-state index in [1.165, 1.54) is 71.7 Å². The monoisotopic (exact) mass is 409 g/mol. The summed E-state index contributed by atoms with van der Waals surface area (Å²) in [5.41, 5.74) is 6.23. The molecule has 2 rings (SSSR count). The fourth-order valence-electron chi connectivity index (χ4n) is 4.12. The number of thiazole rings is 1. The van der Waals surface area contributed by atoms with E-state index >= 15 is 0 Å². The Morgan fingerprint density at radius 3 is 2.07 bits per heavy atom. The minimum Gasteiger partial charge on any atom is -0.322 e. The summed E-state index contributed by atoms with van der Waals surface area (Å²) in [6.07, 6.45) is 5.35. The number of piperazine rings is 1. The van der Waals surface area contributed by atoms with Crippen LogP contribution in [0.1, 0.15) is 58.0 Å². The van der Waals surface area contributed by atoms with Crippen molar-refractivity contribution in [2.24, 2.45) is 17.6 Å². The van der Waals surface area contributed by atoms with E-state index in [0.717, 1.165) is 23.3 Å². The average Bonchev–Trinajstić information content (AvgIpc) is 3.16.